The molecule has 0 saturated heterocycles. The van der Waals surface area contributed by atoms with E-state index in [0.717, 1.165) is 27.1 Å². The molecule has 0 atom stereocenters. The number of hydrogen-bond acceptors (Lipinski definition) is 5. The molecule has 0 radical (unpaired) electrons. The molecule has 0 spiro atoms. The molecule has 5 nitrogen and oxygen atoms in total. The molecule has 0 aliphatic carbocycles. The van der Waals surface area contributed by atoms with Crippen molar-refractivity contribution in [3.05, 3.63) is 59.1 Å². The van der Waals surface area contributed by atoms with Gasteiger partial charge in [0.25, 0.3) is 0 Å². The molecule has 1 heterocycles. The quantitative estimate of drug-likeness (QED) is 0.505. The molecule has 0 saturated carbocycles. The van der Waals surface area contributed by atoms with E-state index in [0.29, 0.717) is 10.7 Å². The van der Waals surface area contributed by atoms with Gasteiger partial charge in [-0.3, -0.25) is 0 Å². The van der Waals surface area contributed by atoms with Crippen LogP contribution in [0.4, 0.5) is 11.8 Å². The number of halogens is 1. The van der Waals surface area contributed by atoms with Crippen molar-refractivity contribution in [1.82, 2.24) is 9.97 Å². The first-order chi connectivity index (χ1) is 12.1. The molecule has 6 heteroatoms. The lowest BCUT2D eigenvalue weighted by molar-refractivity contribution is 1.19. The summed E-state index contributed by atoms with van der Waals surface area (Å²) in [6.07, 6.45) is 0. The highest BCUT2D eigenvalue weighted by Crippen LogP contribution is 2.42. The number of hydrogen-bond donors (Lipinski definition) is 2. The monoisotopic (exact) mass is 345 g/mol. The Balaban J connectivity index is 2.30. The molecule has 3 aromatic carbocycles. The van der Waals surface area contributed by atoms with E-state index in [4.69, 9.17) is 23.1 Å². The van der Waals surface area contributed by atoms with Crippen LogP contribution >= 0.6 is 11.6 Å². The molecule has 0 fully saturated rings. The number of aromatic nitrogens is 2. The number of fused-ring (bicyclic) bond motifs is 2. The van der Waals surface area contributed by atoms with Gasteiger partial charge in [0.1, 0.15) is 17.5 Å². The van der Waals surface area contributed by atoms with Crippen LogP contribution in [-0.4, -0.2) is 9.97 Å². The standard InChI is InChI=1S/C19H12ClN5/c20-16-12-7-3-1-5-10(12)15(11-6-2-4-8-13(11)16)17-14(9-21)18(22)25-19(23)24-17/h1-8H,(H4,22,23,24,25). The van der Waals surface area contributed by atoms with Crippen molar-refractivity contribution in [3.63, 3.8) is 0 Å². The summed E-state index contributed by atoms with van der Waals surface area (Å²) in [5, 5.41) is 13.7. The highest BCUT2D eigenvalue weighted by Gasteiger charge is 2.20. The molecule has 1 aromatic heterocycles. The fourth-order valence-corrected chi connectivity index (χ4v) is 3.45. The van der Waals surface area contributed by atoms with Gasteiger partial charge in [-0.25, -0.2) is 4.98 Å². The van der Waals surface area contributed by atoms with Gasteiger partial charge in [0.05, 0.1) is 10.7 Å². The zero-order valence-electron chi connectivity index (χ0n) is 13.0. The van der Waals surface area contributed by atoms with Crippen molar-refractivity contribution < 1.29 is 0 Å². The second-order valence-electron chi connectivity index (χ2n) is 5.58. The largest absolute Gasteiger partial charge is 0.382 e. The predicted octanol–water partition coefficient (Wildman–Crippen LogP) is 4.14. The highest BCUT2D eigenvalue weighted by molar-refractivity contribution is 6.42. The van der Waals surface area contributed by atoms with Gasteiger partial charge in [-0.05, 0) is 10.8 Å². The zero-order valence-corrected chi connectivity index (χ0v) is 13.7. The minimum atomic E-state index is 0.0228. The SMILES string of the molecule is N#Cc1c(N)nc(N)nc1-c1c2ccccc2c(Cl)c2ccccc12. The summed E-state index contributed by atoms with van der Waals surface area (Å²) >= 11 is 6.62. The van der Waals surface area contributed by atoms with E-state index in [2.05, 4.69) is 16.0 Å². The second-order valence-corrected chi connectivity index (χ2v) is 5.96. The van der Waals surface area contributed by atoms with Gasteiger partial charge < -0.3 is 11.5 Å². The minimum Gasteiger partial charge on any atom is -0.382 e. The van der Waals surface area contributed by atoms with Crippen LogP contribution in [0.2, 0.25) is 5.02 Å². The van der Waals surface area contributed by atoms with Crippen LogP contribution < -0.4 is 11.5 Å². The van der Waals surface area contributed by atoms with Crippen molar-refractivity contribution in [1.29, 1.82) is 5.26 Å². The first-order valence-corrected chi connectivity index (χ1v) is 7.92. The summed E-state index contributed by atoms with van der Waals surface area (Å²) in [5.41, 5.74) is 13.1. The maximum atomic E-state index is 9.57. The van der Waals surface area contributed by atoms with Gasteiger partial charge in [-0.2, -0.15) is 10.2 Å². The van der Waals surface area contributed by atoms with Crippen LogP contribution in [0, 0.1) is 11.3 Å². The van der Waals surface area contributed by atoms with E-state index in [1.807, 2.05) is 48.5 Å². The van der Waals surface area contributed by atoms with E-state index in [1.54, 1.807) is 0 Å². The minimum absolute atomic E-state index is 0.0228. The Hall–Kier alpha value is -3.36. The maximum absolute atomic E-state index is 9.57. The number of nitrogens with two attached hydrogens (primary N) is 2. The van der Waals surface area contributed by atoms with Crippen molar-refractivity contribution in [2.75, 3.05) is 11.5 Å². The van der Waals surface area contributed by atoms with Crippen molar-refractivity contribution in [3.8, 4) is 17.3 Å². The van der Waals surface area contributed by atoms with Gasteiger partial charge in [0.15, 0.2) is 0 Å². The van der Waals surface area contributed by atoms with Crippen LogP contribution in [-0.2, 0) is 0 Å². The average molecular weight is 346 g/mol. The Morgan fingerprint density at radius 1 is 0.840 bits per heavy atom. The van der Waals surface area contributed by atoms with Crippen LogP contribution in [0.15, 0.2) is 48.5 Å². The van der Waals surface area contributed by atoms with Gasteiger partial charge >= 0.3 is 0 Å². The molecule has 0 aliphatic heterocycles. The van der Waals surface area contributed by atoms with Crippen molar-refractivity contribution in [2.45, 2.75) is 0 Å². The summed E-state index contributed by atoms with van der Waals surface area (Å²) in [7, 11) is 0. The number of rotatable bonds is 1. The summed E-state index contributed by atoms with van der Waals surface area (Å²) in [6, 6.07) is 17.5. The molecule has 4 N–H and O–H groups in total. The number of nitrogen functional groups attached to an aromatic ring is 2. The number of benzene rings is 3. The number of nitrogens with zero attached hydrogens (tertiary/aromatic N) is 3. The highest BCUT2D eigenvalue weighted by atomic mass is 35.5. The van der Waals surface area contributed by atoms with Crippen LogP contribution in [0.3, 0.4) is 0 Å². The van der Waals surface area contributed by atoms with Crippen LogP contribution in [0.5, 0.6) is 0 Å². The Morgan fingerprint density at radius 2 is 1.36 bits per heavy atom. The Kier molecular flexibility index (Phi) is 3.41. The lowest BCUT2D eigenvalue weighted by Gasteiger charge is -2.15. The Bertz CT molecular complexity index is 1140. The fraction of sp³-hybridized carbons (Fsp3) is 0. The predicted molar refractivity (Wildman–Crippen MR) is 101 cm³/mol. The Labute approximate surface area is 148 Å². The van der Waals surface area contributed by atoms with Crippen LogP contribution in [0.1, 0.15) is 5.56 Å². The molecule has 0 bridgehead atoms. The second kappa shape index (κ2) is 5.62. The van der Waals surface area contributed by atoms with Crippen molar-refractivity contribution >= 4 is 44.9 Å². The molecule has 0 unspecified atom stereocenters. The summed E-state index contributed by atoms with van der Waals surface area (Å²) < 4.78 is 0. The first-order valence-electron chi connectivity index (χ1n) is 7.54. The fourth-order valence-electron chi connectivity index (χ4n) is 3.12. The summed E-state index contributed by atoms with van der Waals surface area (Å²) in [4.78, 5) is 8.23. The van der Waals surface area contributed by atoms with Crippen molar-refractivity contribution in [2.24, 2.45) is 0 Å². The third-order valence-electron chi connectivity index (χ3n) is 4.17. The molecule has 25 heavy (non-hydrogen) atoms. The van der Waals surface area contributed by atoms with Gasteiger partial charge in [-0.15, -0.1) is 0 Å². The smallest absolute Gasteiger partial charge is 0.222 e. The lowest BCUT2D eigenvalue weighted by atomic mass is 9.93. The first kappa shape index (κ1) is 15.2. The van der Waals surface area contributed by atoms with E-state index in [9.17, 15) is 5.26 Å². The van der Waals surface area contributed by atoms with E-state index >= 15 is 0 Å². The molecule has 4 aromatic rings. The molecular formula is C19H12ClN5. The third kappa shape index (κ3) is 2.24. The van der Waals surface area contributed by atoms with E-state index in [-0.39, 0.29) is 17.3 Å². The average Bonchev–Trinajstić information content (AvgIpc) is 2.62. The van der Waals surface area contributed by atoms with Crippen LogP contribution in [0.25, 0.3) is 32.8 Å². The van der Waals surface area contributed by atoms with Gasteiger partial charge in [0, 0.05) is 16.3 Å². The van der Waals surface area contributed by atoms with Gasteiger partial charge in [0.2, 0.25) is 5.95 Å². The molecular weight excluding hydrogens is 334 g/mol. The Morgan fingerprint density at radius 3 is 1.88 bits per heavy atom. The molecule has 4 rings (SSSR count). The lowest BCUT2D eigenvalue weighted by Crippen LogP contribution is -2.05. The number of anilines is 2. The summed E-state index contributed by atoms with van der Waals surface area (Å²) in [6.45, 7) is 0. The van der Waals surface area contributed by atoms with E-state index in [1.165, 1.54) is 0 Å². The maximum Gasteiger partial charge on any atom is 0.222 e. The normalized spacial score (nSPS) is 10.9. The third-order valence-corrected chi connectivity index (χ3v) is 4.58. The molecule has 0 amide bonds. The van der Waals surface area contributed by atoms with E-state index < -0.39 is 0 Å². The molecule has 120 valence electrons. The summed E-state index contributed by atoms with van der Waals surface area (Å²) in [5.74, 6) is 0.0859. The zero-order chi connectivity index (χ0) is 17.6. The molecule has 0 aliphatic rings. The van der Waals surface area contributed by atoms with Gasteiger partial charge in [-0.1, -0.05) is 60.1 Å². The topological polar surface area (TPSA) is 102 Å². The number of nitriles is 1.